The van der Waals surface area contributed by atoms with Crippen LogP contribution < -0.4 is 14.8 Å². The van der Waals surface area contributed by atoms with Crippen molar-refractivity contribution >= 4 is 34.3 Å². The van der Waals surface area contributed by atoms with Gasteiger partial charge >= 0.3 is 0 Å². The monoisotopic (exact) mass is 490 g/mol. The fraction of sp³-hybridized carbons (Fsp3) is 0.185. The second-order valence-electron chi connectivity index (χ2n) is 8.36. The molecule has 0 bridgehead atoms. The van der Waals surface area contributed by atoms with E-state index in [0.717, 1.165) is 16.5 Å². The van der Waals surface area contributed by atoms with E-state index in [1.165, 1.54) is 0 Å². The fourth-order valence-electron chi connectivity index (χ4n) is 4.31. The van der Waals surface area contributed by atoms with E-state index in [9.17, 15) is 14.7 Å². The van der Waals surface area contributed by atoms with Gasteiger partial charge in [-0.05, 0) is 72.1 Å². The van der Waals surface area contributed by atoms with Crippen LogP contribution in [0.1, 0.15) is 32.7 Å². The number of hydrogen-bond acceptors (Lipinski definition) is 5. The van der Waals surface area contributed by atoms with Crippen molar-refractivity contribution in [1.82, 2.24) is 9.88 Å². The summed E-state index contributed by atoms with van der Waals surface area (Å²) in [6, 6.07) is 17.6. The molecule has 1 aliphatic heterocycles. The molecule has 0 radical (unpaired) electrons. The lowest BCUT2D eigenvalue weighted by molar-refractivity contribution is -0.120. The highest BCUT2D eigenvalue weighted by atomic mass is 35.5. The number of aromatic nitrogens is 1. The molecule has 0 fully saturated rings. The number of hydrogen-bond donors (Lipinski definition) is 2. The lowest BCUT2D eigenvalue weighted by Crippen LogP contribution is -2.25. The summed E-state index contributed by atoms with van der Waals surface area (Å²) in [5.74, 6) is 0.951. The van der Waals surface area contributed by atoms with Gasteiger partial charge in [0.05, 0.1) is 18.5 Å². The summed E-state index contributed by atoms with van der Waals surface area (Å²) in [5.41, 5.74) is 4.17. The van der Waals surface area contributed by atoms with E-state index in [4.69, 9.17) is 21.1 Å². The molecule has 8 heteroatoms. The topological polar surface area (TPSA) is 89.8 Å². The van der Waals surface area contributed by atoms with E-state index in [2.05, 4.69) is 5.32 Å². The van der Waals surface area contributed by atoms with Gasteiger partial charge < -0.3 is 19.9 Å². The fourth-order valence-corrected chi connectivity index (χ4v) is 4.44. The molecule has 1 amide bonds. The largest absolute Gasteiger partial charge is 0.454 e. The Bertz CT molecular complexity index is 1440. The molecule has 178 valence electrons. The molecule has 0 saturated carbocycles. The van der Waals surface area contributed by atoms with E-state index >= 15 is 0 Å². The molecule has 0 saturated heterocycles. The quantitative estimate of drug-likeness (QED) is 0.419. The van der Waals surface area contributed by atoms with Crippen molar-refractivity contribution in [2.45, 2.75) is 26.5 Å². The summed E-state index contributed by atoms with van der Waals surface area (Å²) in [7, 11) is 0. The van der Waals surface area contributed by atoms with Crippen LogP contribution in [0.4, 0.5) is 0 Å². The minimum absolute atomic E-state index is 0.0860. The number of nitrogens with zero attached hydrogens (tertiary/aromatic N) is 1. The summed E-state index contributed by atoms with van der Waals surface area (Å²) < 4.78 is 12.3. The molecule has 0 spiro atoms. The van der Waals surface area contributed by atoms with Crippen molar-refractivity contribution in [3.05, 3.63) is 93.6 Å². The molecule has 2 heterocycles. The van der Waals surface area contributed by atoms with Gasteiger partial charge in [-0.3, -0.25) is 14.2 Å². The lowest BCUT2D eigenvalue weighted by atomic mass is 10.1. The Morgan fingerprint density at radius 1 is 1.00 bits per heavy atom. The Labute approximate surface area is 206 Å². The van der Waals surface area contributed by atoms with Crippen molar-refractivity contribution in [3.63, 3.8) is 0 Å². The van der Waals surface area contributed by atoms with Gasteiger partial charge in [0, 0.05) is 28.2 Å². The molecule has 3 aromatic carbocycles. The van der Waals surface area contributed by atoms with E-state index in [1.54, 1.807) is 41.0 Å². The van der Waals surface area contributed by atoms with Gasteiger partial charge in [0.15, 0.2) is 11.5 Å². The molecule has 5 rings (SSSR count). The zero-order valence-corrected chi connectivity index (χ0v) is 19.8. The lowest BCUT2D eigenvalue weighted by Gasteiger charge is -2.09. The van der Waals surface area contributed by atoms with Crippen molar-refractivity contribution < 1.29 is 24.2 Å². The van der Waals surface area contributed by atoms with Crippen LogP contribution in [0.3, 0.4) is 0 Å². The van der Waals surface area contributed by atoms with Gasteiger partial charge in [0.1, 0.15) is 0 Å². The number of benzene rings is 3. The highest BCUT2D eigenvalue weighted by molar-refractivity contribution is 6.30. The number of fused-ring (bicyclic) bond motifs is 2. The maximum atomic E-state index is 13.4. The Hall–Kier alpha value is -3.81. The number of aliphatic hydroxyl groups excluding tert-OH is 1. The first-order chi connectivity index (χ1) is 16.9. The first-order valence-corrected chi connectivity index (χ1v) is 11.5. The summed E-state index contributed by atoms with van der Waals surface area (Å²) >= 11 is 5.99. The Balaban J connectivity index is 1.43. The molecule has 2 N–H and O–H groups in total. The van der Waals surface area contributed by atoms with Gasteiger partial charge in [0.25, 0.3) is 5.91 Å². The smallest absolute Gasteiger partial charge is 0.262 e. The molecule has 7 nitrogen and oxygen atoms in total. The average molecular weight is 491 g/mol. The van der Waals surface area contributed by atoms with Gasteiger partial charge in [-0.2, -0.15) is 0 Å². The third kappa shape index (κ3) is 4.48. The zero-order valence-electron chi connectivity index (χ0n) is 19.0. The maximum Gasteiger partial charge on any atom is 0.262 e. The number of aliphatic hydroxyl groups is 1. The number of amides is 1. The molecule has 0 aliphatic carbocycles. The molecule has 1 aliphatic rings. The first kappa shape index (κ1) is 23.0. The number of carbonyl (C=O) groups is 2. The first-order valence-electron chi connectivity index (χ1n) is 11.1. The number of rotatable bonds is 6. The van der Waals surface area contributed by atoms with Crippen LogP contribution in [-0.4, -0.2) is 28.3 Å². The van der Waals surface area contributed by atoms with Crippen LogP contribution in [0.5, 0.6) is 11.5 Å². The summed E-state index contributed by atoms with van der Waals surface area (Å²) in [6.07, 6.45) is 0.0860. The molecule has 0 atom stereocenters. The standard InChI is InChI=1S/C27H23ClN2O5/c1-16-21(12-26(32)29-13-17-3-9-24-25(11-17)35-15-34-24)22-10-18(14-31)2-8-23(22)30(16)27(33)19-4-6-20(28)7-5-19/h2-11,31H,12-15H2,1H3,(H,29,32). The van der Waals surface area contributed by atoms with E-state index < -0.39 is 0 Å². The van der Waals surface area contributed by atoms with Crippen LogP contribution in [0.25, 0.3) is 10.9 Å². The third-order valence-electron chi connectivity index (χ3n) is 6.14. The number of halogens is 1. The Morgan fingerprint density at radius 2 is 1.74 bits per heavy atom. The van der Waals surface area contributed by atoms with Gasteiger partial charge in [-0.15, -0.1) is 0 Å². The van der Waals surface area contributed by atoms with Crippen LogP contribution in [-0.2, 0) is 24.4 Å². The van der Waals surface area contributed by atoms with Crippen LogP contribution >= 0.6 is 11.6 Å². The van der Waals surface area contributed by atoms with Crippen molar-refractivity contribution in [2.75, 3.05) is 6.79 Å². The third-order valence-corrected chi connectivity index (χ3v) is 6.39. The second kappa shape index (κ2) is 9.44. The van der Waals surface area contributed by atoms with Crippen LogP contribution in [0.15, 0.2) is 60.7 Å². The van der Waals surface area contributed by atoms with Crippen LogP contribution in [0.2, 0.25) is 5.02 Å². The molecule has 1 aromatic heterocycles. The summed E-state index contributed by atoms with van der Waals surface area (Å²) in [5, 5.41) is 13.9. The van der Waals surface area contributed by atoms with Crippen LogP contribution in [0, 0.1) is 6.92 Å². The van der Waals surface area contributed by atoms with E-state index in [1.807, 2.05) is 31.2 Å². The summed E-state index contributed by atoms with van der Waals surface area (Å²) in [6.45, 7) is 2.21. The van der Waals surface area contributed by atoms with Gasteiger partial charge in [-0.25, -0.2) is 0 Å². The zero-order chi connectivity index (χ0) is 24.5. The maximum absolute atomic E-state index is 13.4. The van der Waals surface area contributed by atoms with Gasteiger partial charge in [0.2, 0.25) is 12.7 Å². The predicted molar refractivity (Wildman–Crippen MR) is 132 cm³/mol. The molecule has 0 unspecified atom stereocenters. The van der Waals surface area contributed by atoms with Gasteiger partial charge in [-0.1, -0.05) is 23.7 Å². The predicted octanol–water partition coefficient (Wildman–Crippen LogP) is 4.37. The number of ether oxygens (including phenoxy) is 2. The highest BCUT2D eigenvalue weighted by Gasteiger charge is 2.22. The Morgan fingerprint density at radius 3 is 2.51 bits per heavy atom. The highest BCUT2D eigenvalue weighted by Crippen LogP contribution is 2.32. The van der Waals surface area contributed by atoms with Crippen molar-refractivity contribution in [3.8, 4) is 11.5 Å². The average Bonchev–Trinajstić information content (AvgIpc) is 3.44. The minimum atomic E-state index is -0.215. The van der Waals surface area contributed by atoms with E-state index in [-0.39, 0.29) is 31.6 Å². The van der Waals surface area contributed by atoms with Crippen molar-refractivity contribution in [2.24, 2.45) is 0 Å². The summed E-state index contributed by atoms with van der Waals surface area (Å²) in [4.78, 5) is 26.3. The van der Waals surface area contributed by atoms with E-state index in [0.29, 0.717) is 45.4 Å². The normalized spacial score (nSPS) is 12.2. The number of carbonyl (C=O) groups excluding carboxylic acids is 2. The molecule has 35 heavy (non-hydrogen) atoms. The molecular formula is C27H23ClN2O5. The minimum Gasteiger partial charge on any atom is -0.454 e. The van der Waals surface area contributed by atoms with Crippen molar-refractivity contribution in [1.29, 1.82) is 0 Å². The number of nitrogens with one attached hydrogen (secondary N) is 1. The molecule has 4 aromatic rings. The molecular weight excluding hydrogens is 468 g/mol. The SMILES string of the molecule is Cc1c(CC(=O)NCc2ccc3c(c2)OCO3)c2cc(CO)ccc2n1C(=O)c1ccc(Cl)cc1. The Kier molecular flexibility index (Phi) is 6.19. The second-order valence-corrected chi connectivity index (χ2v) is 8.80.